The third-order valence-corrected chi connectivity index (χ3v) is 3.44. The molecule has 0 fully saturated rings. The topological polar surface area (TPSA) is 64.6 Å². The Bertz CT molecular complexity index is 771. The van der Waals surface area contributed by atoms with E-state index in [1.165, 1.54) is 13.2 Å². The SMILES string of the molecule is COc1ccc(C(NN)c2cnn3ccccc23)cc1F. The van der Waals surface area contributed by atoms with Crippen LogP contribution in [-0.2, 0) is 0 Å². The summed E-state index contributed by atoms with van der Waals surface area (Å²) in [5.74, 6) is 5.45. The zero-order valence-electron chi connectivity index (χ0n) is 11.5. The van der Waals surface area contributed by atoms with Gasteiger partial charge in [0.15, 0.2) is 11.6 Å². The minimum atomic E-state index is -0.424. The molecule has 0 aliphatic heterocycles. The van der Waals surface area contributed by atoms with Gasteiger partial charge < -0.3 is 4.74 Å². The maximum Gasteiger partial charge on any atom is 0.165 e. The summed E-state index contributed by atoms with van der Waals surface area (Å²) in [6, 6.07) is 10.2. The minimum absolute atomic E-state index is 0.203. The fourth-order valence-corrected chi connectivity index (χ4v) is 2.40. The summed E-state index contributed by atoms with van der Waals surface area (Å²) in [5, 5.41) is 4.27. The largest absolute Gasteiger partial charge is 0.494 e. The molecule has 3 rings (SSSR count). The van der Waals surface area contributed by atoms with Gasteiger partial charge in [0.25, 0.3) is 0 Å². The van der Waals surface area contributed by atoms with Crippen LogP contribution in [0.3, 0.4) is 0 Å². The van der Waals surface area contributed by atoms with Gasteiger partial charge in [0.1, 0.15) is 0 Å². The number of nitrogens with one attached hydrogen (secondary N) is 1. The first-order chi connectivity index (χ1) is 10.2. The van der Waals surface area contributed by atoms with Gasteiger partial charge >= 0.3 is 0 Å². The van der Waals surface area contributed by atoms with E-state index in [0.29, 0.717) is 5.56 Å². The Kier molecular flexibility index (Phi) is 3.55. The number of halogens is 1. The Morgan fingerprint density at radius 1 is 1.33 bits per heavy atom. The standard InChI is InChI=1S/C15H15FN4O/c1-21-14-6-5-10(8-12(14)16)15(19-17)11-9-18-20-7-3-2-4-13(11)20/h2-9,15,19H,17H2,1H3. The number of methoxy groups -OCH3 is 1. The second-order valence-corrected chi connectivity index (χ2v) is 4.62. The lowest BCUT2D eigenvalue weighted by molar-refractivity contribution is 0.385. The van der Waals surface area contributed by atoms with Crippen LogP contribution < -0.4 is 16.0 Å². The summed E-state index contributed by atoms with van der Waals surface area (Å²) < 4.78 is 20.6. The zero-order chi connectivity index (χ0) is 14.8. The number of benzene rings is 1. The van der Waals surface area contributed by atoms with Crippen molar-refractivity contribution in [3.63, 3.8) is 0 Å². The Morgan fingerprint density at radius 2 is 2.19 bits per heavy atom. The average Bonchev–Trinajstić information content (AvgIpc) is 2.93. The molecule has 1 unspecified atom stereocenters. The predicted octanol–water partition coefficient (Wildman–Crippen LogP) is 2.03. The molecule has 0 amide bonds. The molecule has 0 spiro atoms. The third-order valence-electron chi connectivity index (χ3n) is 3.44. The number of rotatable bonds is 4. The summed E-state index contributed by atoms with van der Waals surface area (Å²) in [5.41, 5.74) is 5.21. The van der Waals surface area contributed by atoms with Gasteiger partial charge in [-0.2, -0.15) is 5.10 Å². The second-order valence-electron chi connectivity index (χ2n) is 4.62. The number of hydrogen-bond acceptors (Lipinski definition) is 4. The molecule has 6 heteroatoms. The molecule has 2 heterocycles. The maximum absolute atomic E-state index is 13.9. The highest BCUT2D eigenvalue weighted by Crippen LogP contribution is 2.28. The normalized spacial score (nSPS) is 12.5. The number of pyridine rings is 1. The van der Waals surface area contributed by atoms with Gasteiger partial charge in [-0.15, -0.1) is 0 Å². The molecule has 3 aromatic rings. The van der Waals surface area contributed by atoms with Crippen molar-refractivity contribution in [2.45, 2.75) is 6.04 Å². The van der Waals surface area contributed by atoms with E-state index in [0.717, 1.165) is 11.1 Å². The first kappa shape index (κ1) is 13.5. The van der Waals surface area contributed by atoms with Crippen molar-refractivity contribution < 1.29 is 9.13 Å². The molecular formula is C15H15FN4O. The van der Waals surface area contributed by atoms with Gasteiger partial charge in [-0.05, 0) is 29.8 Å². The maximum atomic E-state index is 13.9. The van der Waals surface area contributed by atoms with E-state index in [-0.39, 0.29) is 11.8 Å². The number of hydrogen-bond donors (Lipinski definition) is 2. The third kappa shape index (κ3) is 2.35. The minimum Gasteiger partial charge on any atom is -0.494 e. The lowest BCUT2D eigenvalue weighted by atomic mass is 10.00. The monoisotopic (exact) mass is 286 g/mol. The first-order valence-electron chi connectivity index (χ1n) is 6.46. The highest BCUT2D eigenvalue weighted by atomic mass is 19.1. The zero-order valence-corrected chi connectivity index (χ0v) is 11.5. The number of fused-ring (bicyclic) bond motifs is 1. The van der Waals surface area contributed by atoms with Crippen LogP contribution >= 0.6 is 0 Å². The summed E-state index contributed by atoms with van der Waals surface area (Å²) in [6.07, 6.45) is 3.57. The van der Waals surface area contributed by atoms with Crippen LogP contribution in [0.2, 0.25) is 0 Å². The van der Waals surface area contributed by atoms with Gasteiger partial charge in [0.2, 0.25) is 0 Å². The fraction of sp³-hybridized carbons (Fsp3) is 0.133. The Labute approximate surface area is 121 Å². The van der Waals surface area contributed by atoms with Crippen molar-refractivity contribution in [2.75, 3.05) is 7.11 Å². The average molecular weight is 286 g/mol. The number of aromatic nitrogens is 2. The van der Waals surface area contributed by atoms with E-state index < -0.39 is 5.82 Å². The summed E-state index contributed by atoms with van der Waals surface area (Å²) in [7, 11) is 1.43. The van der Waals surface area contributed by atoms with E-state index in [2.05, 4.69) is 10.5 Å². The lowest BCUT2D eigenvalue weighted by Crippen LogP contribution is -2.28. The summed E-state index contributed by atoms with van der Waals surface area (Å²) in [4.78, 5) is 0. The highest BCUT2D eigenvalue weighted by molar-refractivity contribution is 5.57. The molecule has 5 nitrogen and oxygen atoms in total. The number of hydrazine groups is 1. The number of ether oxygens (including phenoxy) is 1. The quantitative estimate of drug-likeness (QED) is 0.569. The fourth-order valence-electron chi connectivity index (χ4n) is 2.40. The van der Waals surface area contributed by atoms with Crippen molar-refractivity contribution in [1.29, 1.82) is 0 Å². The lowest BCUT2D eigenvalue weighted by Gasteiger charge is -2.16. The Balaban J connectivity index is 2.08. The molecule has 0 saturated heterocycles. The van der Waals surface area contributed by atoms with Crippen molar-refractivity contribution in [3.05, 3.63) is 65.7 Å². The molecule has 0 saturated carbocycles. The van der Waals surface area contributed by atoms with E-state index >= 15 is 0 Å². The molecule has 0 aliphatic carbocycles. The molecule has 0 bridgehead atoms. The molecular weight excluding hydrogens is 271 g/mol. The van der Waals surface area contributed by atoms with Crippen LogP contribution in [0.1, 0.15) is 17.2 Å². The predicted molar refractivity (Wildman–Crippen MR) is 77.3 cm³/mol. The Morgan fingerprint density at radius 3 is 2.90 bits per heavy atom. The Hall–Kier alpha value is -2.44. The molecule has 3 N–H and O–H groups in total. The molecule has 2 aromatic heterocycles. The summed E-state index contributed by atoms with van der Waals surface area (Å²) >= 11 is 0. The van der Waals surface area contributed by atoms with Gasteiger partial charge in [0, 0.05) is 11.8 Å². The van der Waals surface area contributed by atoms with Crippen molar-refractivity contribution >= 4 is 5.52 Å². The van der Waals surface area contributed by atoms with Gasteiger partial charge in [-0.25, -0.2) is 14.3 Å². The first-order valence-corrected chi connectivity index (χ1v) is 6.46. The van der Waals surface area contributed by atoms with Gasteiger partial charge in [0.05, 0.1) is 24.9 Å². The summed E-state index contributed by atoms with van der Waals surface area (Å²) in [6.45, 7) is 0. The number of nitrogens with zero attached hydrogens (tertiary/aromatic N) is 2. The molecule has 0 aliphatic rings. The molecule has 1 aromatic carbocycles. The van der Waals surface area contributed by atoms with Crippen LogP contribution in [0.5, 0.6) is 5.75 Å². The molecule has 108 valence electrons. The highest BCUT2D eigenvalue weighted by Gasteiger charge is 2.18. The van der Waals surface area contributed by atoms with Crippen LogP contribution in [0.4, 0.5) is 4.39 Å². The van der Waals surface area contributed by atoms with Crippen LogP contribution in [-0.4, -0.2) is 16.7 Å². The van der Waals surface area contributed by atoms with E-state index in [9.17, 15) is 4.39 Å². The van der Waals surface area contributed by atoms with E-state index in [4.69, 9.17) is 10.6 Å². The van der Waals surface area contributed by atoms with Crippen LogP contribution in [0, 0.1) is 5.82 Å². The van der Waals surface area contributed by atoms with Crippen molar-refractivity contribution in [3.8, 4) is 5.75 Å². The van der Waals surface area contributed by atoms with Crippen LogP contribution in [0.25, 0.3) is 5.52 Å². The van der Waals surface area contributed by atoms with Gasteiger partial charge in [-0.3, -0.25) is 5.84 Å². The van der Waals surface area contributed by atoms with Crippen molar-refractivity contribution in [1.82, 2.24) is 15.0 Å². The van der Waals surface area contributed by atoms with E-state index in [1.54, 1.807) is 22.8 Å². The van der Waals surface area contributed by atoms with Gasteiger partial charge in [-0.1, -0.05) is 12.1 Å². The molecule has 1 atom stereocenters. The van der Waals surface area contributed by atoms with E-state index in [1.807, 2.05) is 24.4 Å². The molecule has 21 heavy (non-hydrogen) atoms. The number of nitrogens with two attached hydrogens (primary N) is 1. The van der Waals surface area contributed by atoms with Crippen molar-refractivity contribution in [2.24, 2.45) is 5.84 Å². The molecule has 0 radical (unpaired) electrons. The second kappa shape index (κ2) is 5.51. The smallest absolute Gasteiger partial charge is 0.165 e. The van der Waals surface area contributed by atoms with Crippen LogP contribution in [0.15, 0.2) is 48.8 Å².